The summed E-state index contributed by atoms with van der Waals surface area (Å²) in [4.78, 5) is 10.4. The summed E-state index contributed by atoms with van der Waals surface area (Å²) in [6, 6.07) is 3.50. The van der Waals surface area contributed by atoms with Crippen molar-refractivity contribution in [3.05, 3.63) is 60.3 Å². The third-order valence-electron chi connectivity index (χ3n) is 3.86. The third-order valence-corrected chi connectivity index (χ3v) is 5.51. The van der Waals surface area contributed by atoms with Crippen molar-refractivity contribution in [2.75, 3.05) is 5.32 Å². The minimum atomic E-state index is -4.93. The fourth-order valence-electron chi connectivity index (χ4n) is 2.60. The summed E-state index contributed by atoms with van der Waals surface area (Å²) >= 11 is 0. The van der Waals surface area contributed by atoms with Gasteiger partial charge < -0.3 is 20.5 Å². The molecule has 0 atom stereocenters. The average Bonchev–Trinajstić information content (AvgIpc) is 2.58. The Morgan fingerprint density at radius 2 is 1.57 bits per heavy atom. The van der Waals surface area contributed by atoms with Crippen LogP contribution in [0.3, 0.4) is 0 Å². The van der Waals surface area contributed by atoms with E-state index in [-0.39, 0.29) is 62.8 Å². The molecule has 2 aromatic rings. The van der Waals surface area contributed by atoms with Gasteiger partial charge in [-0.05, 0) is 35.7 Å². The van der Waals surface area contributed by atoms with Gasteiger partial charge in [-0.25, -0.2) is 8.42 Å². The van der Waals surface area contributed by atoms with E-state index in [4.69, 9.17) is 0 Å². The summed E-state index contributed by atoms with van der Waals surface area (Å²) in [5, 5.41) is 12.7. The van der Waals surface area contributed by atoms with Crippen LogP contribution in [-0.4, -0.2) is 42.3 Å². The summed E-state index contributed by atoms with van der Waals surface area (Å²) in [5.74, 6) is -0.920. The zero-order chi connectivity index (χ0) is 20.7. The third kappa shape index (κ3) is 5.56. The summed E-state index contributed by atoms with van der Waals surface area (Å²) in [5.41, 5.74) is 0.162. The number of rotatable bonds is 4. The molecule has 0 amide bonds. The molecule has 0 aliphatic heterocycles. The summed E-state index contributed by atoms with van der Waals surface area (Å²) in [7, 11) is -9.62. The van der Waals surface area contributed by atoms with Gasteiger partial charge in [0.25, 0.3) is 10.1 Å². The predicted molar refractivity (Wildman–Crippen MR) is 102 cm³/mol. The van der Waals surface area contributed by atoms with Crippen LogP contribution in [0.2, 0.25) is 0 Å². The monoisotopic (exact) mass is 463 g/mol. The molecular weight excluding hydrogens is 449 g/mol. The molecule has 1 aliphatic rings. The fourth-order valence-corrected chi connectivity index (χ4v) is 3.67. The molecule has 0 fully saturated rings. The van der Waals surface area contributed by atoms with Gasteiger partial charge >= 0.3 is 29.6 Å². The molecule has 0 aromatic heterocycles. The molecule has 0 unspecified atom stereocenters. The Morgan fingerprint density at radius 3 is 2.13 bits per heavy atom. The van der Waals surface area contributed by atoms with Gasteiger partial charge in [-0.2, -0.15) is 8.42 Å². The van der Waals surface area contributed by atoms with Gasteiger partial charge in [0.05, 0.1) is 15.5 Å². The van der Waals surface area contributed by atoms with E-state index < -0.39 is 35.8 Å². The van der Waals surface area contributed by atoms with Crippen molar-refractivity contribution in [1.29, 1.82) is 0 Å². The second-order valence-electron chi connectivity index (χ2n) is 5.77. The molecular formula is C17H14NNaO9S2. The number of aromatic hydroxyl groups is 1. The molecule has 13 heteroatoms. The molecule has 2 aromatic carbocycles. The molecule has 5 N–H and O–H groups in total. The fraction of sp³-hybridized carbons (Fsp3) is 0. The smallest absolute Gasteiger partial charge is 0.744 e. The van der Waals surface area contributed by atoms with Gasteiger partial charge in [0.15, 0.2) is 5.78 Å². The van der Waals surface area contributed by atoms with Crippen molar-refractivity contribution in [3.63, 3.8) is 0 Å². The molecule has 0 saturated heterocycles. The molecule has 0 radical (unpaired) electrons. The van der Waals surface area contributed by atoms with E-state index >= 15 is 0 Å². The number of fused-ring (bicyclic) bond motifs is 1. The van der Waals surface area contributed by atoms with Gasteiger partial charge in [0.2, 0.25) is 0 Å². The first kappa shape index (κ1) is 26.0. The number of hydrogen-bond donors (Lipinski definition) is 3. The average molecular weight is 463 g/mol. The van der Waals surface area contributed by atoms with Crippen molar-refractivity contribution in [2.24, 2.45) is 0 Å². The van der Waals surface area contributed by atoms with Gasteiger partial charge in [-0.15, -0.1) is 0 Å². The first-order chi connectivity index (χ1) is 13.0. The zero-order valence-electron chi connectivity index (χ0n) is 15.4. The number of ketones is 1. The van der Waals surface area contributed by atoms with E-state index in [1.807, 2.05) is 0 Å². The Morgan fingerprint density at radius 1 is 0.967 bits per heavy atom. The molecule has 3 rings (SSSR count). The van der Waals surface area contributed by atoms with Crippen LogP contribution >= 0.6 is 0 Å². The Labute approximate surface area is 193 Å². The summed E-state index contributed by atoms with van der Waals surface area (Å²) in [6.45, 7) is 0. The molecule has 0 saturated carbocycles. The quantitative estimate of drug-likeness (QED) is 0.258. The Hall–Kier alpha value is -2.03. The summed E-state index contributed by atoms with van der Waals surface area (Å²) in [6.07, 6.45) is 7.17. The van der Waals surface area contributed by atoms with E-state index in [1.54, 1.807) is 6.08 Å². The van der Waals surface area contributed by atoms with Crippen LogP contribution in [0.25, 0.3) is 10.8 Å². The van der Waals surface area contributed by atoms with E-state index in [0.29, 0.717) is 0 Å². The number of carbonyl (C=O) groups is 1. The summed E-state index contributed by atoms with van der Waals surface area (Å²) < 4.78 is 66.2. The number of carbonyl (C=O) groups excluding carboxylic acids is 1. The van der Waals surface area contributed by atoms with Crippen LogP contribution in [0.5, 0.6) is 5.75 Å². The molecule has 0 heterocycles. The Kier molecular flexibility index (Phi) is 8.16. The van der Waals surface area contributed by atoms with Crippen LogP contribution in [0.4, 0.5) is 5.69 Å². The first-order valence-electron chi connectivity index (χ1n) is 7.57. The first-order valence-corrected chi connectivity index (χ1v) is 10.4. The van der Waals surface area contributed by atoms with E-state index in [0.717, 1.165) is 24.3 Å². The number of nitrogens with one attached hydrogen (secondary N) is 1. The van der Waals surface area contributed by atoms with Crippen molar-refractivity contribution >= 4 is 42.5 Å². The SMILES string of the molecule is O.O=C1C=CC=C/C1=C\Nc1cc(S(=O)(=O)[O-])cc2cc(S(=O)(=O)O)cc(O)c12.[Na+]. The second-order valence-corrected chi connectivity index (χ2v) is 8.57. The number of hydrogen-bond acceptors (Lipinski definition) is 8. The van der Waals surface area contributed by atoms with Gasteiger partial charge in [-0.3, -0.25) is 9.35 Å². The van der Waals surface area contributed by atoms with Crippen molar-refractivity contribution in [1.82, 2.24) is 0 Å². The molecule has 154 valence electrons. The van der Waals surface area contributed by atoms with Crippen LogP contribution in [0.1, 0.15) is 0 Å². The maximum absolute atomic E-state index is 11.8. The largest absolute Gasteiger partial charge is 1.00 e. The number of anilines is 1. The van der Waals surface area contributed by atoms with Crippen molar-refractivity contribution in [2.45, 2.75) is 9.79 Å². The molecule has 30 heavy (non-hydrogen) atoms. The standard InChI is InChI=1S/C17H13NO8S2.Na.H2O/c19-15-4-2-1-3-10(15)9-18-14-7-12(27(21,22)23)5-11-6-13(28(24,25)26)8-16(20)17(11)14;;/h1-9,18,20H,(H,21,22,23)(H,24,25,26);;1H2/q;+1;/p-1/b10-9+;;. The maximum atomic E-state index is 11.8. The number of allylic oxidation sites excluding steroid dienone is 5. The molecule has 1 aliphatic carbocycles. The molecule has 0 spiro atoms. The second kappa shape index (κ2) is 9.41. The number of phenols is 1. The van der Waals surface area contributed by atoms with Crippen LogP contribution in [0.15, 0.2) is 70.1 Å². The molecule has 0 bridgehead atoms. The van der Waals surface area contributed by atoms with Gasteiger partial charge in [0, 0.05) is 23.2 Å². The van der Waals surface area contributed by atoms with Crippen LogP contribution < -0.4 is 34.9 Å². The number of benzene rings is 2. The van der Waals surface area contributed by atoms with E-state index in [1.165, 1.54) is 24.4 Å². The van der Waals surface area contributed by atoms with Crippen molar-refractivity contribution < 1.29 is 70.9 Å². The Balaban J connectivity index is 0.00000225. The number of phenolic OH excluding ortho intramolecular Hbond substituents is 1. The predicted octanol–water partition coefficient (Wildman–Crippen LogP) is -2.13. The normalized spacial score (nSPS) is 15.0. The topological polar surface area (TPSA) is 192 Å². The molecule has 10 nitrogen and oxygen atoms in total. The van der Waals surface area contributed by atoms with Gasteiger partial charge in [-0.1, -0.05) is 12.2 Å². The van der Waals surface area contributed by atoms with Crippen molar-refractivity contribution in [3.8, 4) is 5.75 Å². The van der Waals surface area contributed by atoms with Crippen LogP contribution in [-0.2, 0) is 25.0 Å². The zero-order valence-corrected chi connectivity index (χ0v) is 19.0. The van der Waals surface area contributed by atoms with Crippen LogP contribution in [0, 0.1) is 0 Å². The van der Waals surface area contributed by atoms with Gasteiger partial charge in [0.1, 0.15) is 15.9 Å². The minimum Gasteiger partial charge on any atom is -0.744 e. The minimum absolute atomic E-state index is 0. The Bertz CT molecular complexity index is 1310. The maximum Gasteiger partial charge on any atom is 1.00 e. The van der Waals surface area contributed by atoms with E-state index in [2.05, 4.69) is 5.32 Å². The van der Waals surface area contributed by atoms with E-state index in [9.17, 15) is 35.8 Å².